The molecule has 5 nitrogen and oxygen atoms in total. The predicted molar refractivity (Wildman–Crippen MR) is 95.7 cm³/mol. The number of nitriles is 1. The van der Waals surface area contributed by atoms with Gasteiger partial charge in [0.1, 0.15) is 5.54 Å². The highest BCUT2D eigenvalue weighted by atomic mass is 35.5. The van der Waals surface area contributed by atoms with E-state index in [2.05, 4.69) is 5.32 Å². The molecule has 1 aliphatic heterocycles. The van der Waals surface area contributed by atoms with Crippen LogP contribution in [0.25, 0.3) is 0 Å². The smallest absolute Gasteiger partial charge is 0.323 e. The molecular formula is C18H13Cl2N3O2. The molecule has 1 saturated heterocycles. The second kappa shape index (κ2) is 6.40. The van der Waals surface area contributed by atoms with E-state index in [0.29, 0.717) is 27.7 Å². The summed E-state index contributed by atoms with van der Waals surface area (Å²) in [5.74, 6) is -0.389. The summed E-state index contributed by atoms with van der Waals surface area (Å²) in [6, 6.07) is 12.9. The molecule has 25 heavy (non-hydrogen) atoms. The summed E-state index contributed by atoms with van der Waals surface area (Å²) in [6.07, 6.45) is 0.300. The van der Waals surface area contributed by atoms with E-state index in [0.717, 1.165) is 10.5 Å². The molecule has 0 aromatic heterocycles. The van der Waals surface area contributed by atoms with Crippen LogP contribution in [0.5, 0.6) is 0 Å². The van der Waals surface area contributed by atoms with Crippen LogP contribution in [0.4, 0.5) is 10.5 Å². The van der Waals surface area contributed by atoms with Crippen LogP contribution >= 0.6 is 23.2 Å². The standard InChI is InChI=1S/C18H13Cl2N3O2/c1-18(9-11-2-4-12(10-21)5-3-11)16(24)23(17(25)22-18)15-7-13(19)6-14(20)8-15/h2-8H,9H2,1H3,(H,22,25)/t18-/m1/s1. The molecule has 2 aromatic rings. The van der Waals surface area contributed by atoms with E-state index < -0.39 is 11.6 Å². The molecule has 1 fully saturated rings. The van der Waals surface area contributed by atoms with E-state index in [1.807, 2.05) is 6.07 Å². The minimum Gasteiger partial charge on any atom is -0.323 e. The van der Waals surface area contributed by atoms with Gasteiger partial charge in [0, 0.05) is 16.5 Å². The van der Waals surface area contributed by atoms with E-state index in [1.165, 1.54) is 18.2 Å². The van der Waals surface area contributed by atoms with Crippen molar-refractivity contribution in [1.29, 1.82) is 5.26 Å². The fourth-order valence-electron chi connectivity index (χ4n) is 2.81. The van der Waals surface area contributed by atoms with Gasteiger partial charge in [0.2, 0.25) is 0 Å². The Hall–Kier alpha value is -2.55. The second-order valence-electron chi connectivity index (χ2n) is 6.02. The highest BCUT2D eigenvalue weighted by molar-refractivity contribution is 6.35. The van der Waals surface area contributed by atoms with Gasteiger partial charge in [-0.05, 0) is 42.8 Å². The van der Waals surface area contributed by atoms with Crippen LogP contribution in [0, 0.1) is 11.3 Å². The third kappa shape index (κ3) is 3.32. The molecule has 3 rings (SSSR count). The Morgan fingerprint density at radius 3 is 2.28 bits per heavy atom. The first kappa shape index (κ1) is 17.3. The minimum atomic E-state index is -1.10. The maximum Gasteiger partial charge on any atom is 0.329 e. The Balaban J connectivity index is 1.90. The molecule has 7 heteroatoms. The molecule has 1 aliphatic rings. The summed E-state index contributed by atoms with van der Waals surface area (Å²) in [4.78, 5) is 26.3. The Morgan fingerprint density at radius 2 is 1.72 bits per heavy atom. The zero-order chi connectivity index (χ0) is 18.2. The van der Waals surface area contributed by atoms with Crippen molar-refractivity contribution in [3.8, 4) is 6.07 Å². The third-order valence-corrected chi connectivity index (χ3v) is 4.44. The van der Waals surface area contributed by atoms with Crippen LogP contribution < -0.4 is 10.2 Å². The quantitative estimate of drug-likeness (QED) is 0.828. The lowest BCUT2D eigenvalue weighted by Gasteiger charge is -2.22. The van der Waals surface area contributed by atoms with E-state index >= 15 is 0 Å². The van der Waals surface area contributed by atoms with Crippen molar-refractivity contribution in [2.45, 2.75) is 18.9 Å². The summed E-state index contributed by atoms with van der Waals surface area (Å²) >= 11 is 11.9. The van der Waals surface area contributed by atoms with Crippen LogP contribution in [-0.2, 0) is 11.2 Å². The molecule has 126 valence electrons. The first-order valence-electron chi connectivity index (χ1n) is 7.44. The number of carbonyl (C=O) groups is 2. The highest BCUT2D eigenvalue weighted by Gasteiger charge is 2.48. The second-order valence-corrected chi connectivity index (χ2v) is 6.89. The maximum atomic E-state index is 12.9. The first-order chi connectivity index (χ1) is 11.8. The molecule has 0 aliphatic carbocycles. The van der Waals surface area contributed by atoms with E-state index in [4.69, 9.17) is 28.5 Å². The van der Waals surface area contributed by atoms with Crippen molar-refractivity contribution in [2.75, 3.05) is 4.90 Å². The fraction of sp³-hybridized carbons (Fsp3) is 0.167. The zero-order valence-electron chi connectivity index (χ0n) is 13.2. The molecule has 0 saturated carbocycles. The number of rotatable bonds is 3. The van der Waals surface area contributed by atoms with Crippen LogP contribution in [0.1, 0.15) is 18.1 Å². The zero-order valence-corrected chi connectivity index (χ0v) is 14.7. The van der Waals surface area contributed by atoms with E-state index in [1.54, 1.807) is 31.2 Å². The lowest BCUT2D eigenvalue weighted by atomic mass is 9.92. The number of benzene rings is 2. The molecule has 0 radical (unpaired) electrons. The number of nitrogens with zero attached hydrogens (tertiary/aromatic N) is 2. The number of carbonyl (C=O) groups excluding carboxylic acids is 2. The highest BCUT2D eigenvalue weighted by Crippen LogP contribution is 2.31. The molecule has 0 unspecified atom stereocenters. The number of imide groups is 1. The van der Waals surface area contributed by atoms with Crippen molar-refractivity contribution >= 4 is 40.8 Å². The molecule has 3 amide bonds. The van der Waals surface area contributed by atoms with Crippen LogP contribution in [-0.4, -0.2) is 17.5 Å². The number of urea groups is 1. The normalized spacial score (nSPS) is 19.7. The van der Waals surface area contributed by atoms with Gasteiger partial charge in [0.25, 0.3) is 5.91 Å². The SMILES string of the molecule is C[C@]1(Cc2ccc(C#N)cc2)NC(=O)N(c2cc(Cl)cc(Cl)c2)C1=O. The van der Waals surface area contributed by atoms with Gasteiger partial charge in [-0.2, -0.15) is 5.26 Å². The van der Waals surface area contributed by atoms with Gasteiger partial charge in [0.15, 0.2) is 0 Å². The first-order valence-corrected chi connectivity index (χ1v) is 8.20. The topological polar surface area (TPSA) is 73.2 Å². The molecule has 2 aromatic carbocycles. The van der Waals surface area contributed by atoms with Gasteiger partial charge in [0.05, 0.1) is 17.3 Å². The average Bonchev–Trinajstić information content (AvgIpc) is 2.76. The third-order valence-electron chi connectivity index (χ3n) is 4.01. The summed E-state index contributed by atoms with van der Waals surface area (Å²) in [5.41, 5.74) is 0.593. The summed E-state index contributed by atoms with van der Waals surface area (Å²) in [5, 5.41) is 12.3. The van der Waals surface area contributed by atoms with Crippen molar-refractivity contribution in [3.63, 3.8) is 0 Å². The lowest BCUT2D eigenvalue weighted by molar-refractivity contribution is -0.121. The fourth-order valence-corrected chi connectivity index (χ4v) is 3.33. The largest absolute Gasteiger partial charge is 0.329 e. The van der Waals surface area contributed by atoms with E-state index in [9.17, 15) is 9.59 Å². The lowest BCUT2D eigenvalue weighted by Crippen LogP contribution is -2.46. The summed E-state index contributed by atoms with van der Waals surface area (Å²) in [6.45, 7) is 1.66. The van der Waals surface area contributed by atoms with E-state index in [-0.39, 0.29) is 5.91 Å². The maximum absolute atomic E-state index is 12.9. The number of hydrogen-bond donors (Lipinski definition) is 1. The molecule has 1 N–H and O–H groups in total. The number of nitrogens with one attached hydrogen (secondary N) is 1. The molecule has 0 bridgehead atoms. The average molecular weight is 374 g/mol. The van der Waals surface area contributed by atoms with Crippen molar-refractivity contribution in [1.82, 2.24) is 5.32 Å². The van der Waals surface area contributed by atoms with Gasteiger partial charge < -0.3 is 5.32 Å². The summed E-state index contributed by atoms with van der Waals surface area (Å²) < 4.78 is 0. The monoisotopic (exact) mass is 373 g/mol. The Labute approximate surface area is 154 Å². The predicted octanol–water partition coefficient (Wildman–Crippen LogP) is 3.92. The van der Waals surface area contributed by atoms with Crippen molar-refractivity contribution < 1.29 is 9.59 Å². The minimum absolute atomic E-state index is 0.300. The Kier molecular flexibility index (Phi) is 4.42. The van der Waals surface area contributed by atoms with Crippen LogP contribution in [0.15, 0.2) is 42.5 Å². The summed E-state index contributed by atoms with van der Waals surface area (Å²) in [7, 11) is 0. The molecule has 0 spiro atoms. The van der Waals surface area contributed by atoms with Crippen LogP contribution in [0.2, 0.25) is 10.0 Å². The Bertz CT molecular complexity index is 885. The van der Waals surface area contributed by atoms with Crippen LogP contribution in [0.3, 0.4) is 0 Å². The number of halogens is 2. The molecule has 1 heterocycles. The van der Waals surface area contributed by atoms with Gasteiger partial charge in [-0.15, -0.1) is 0 Å². The molecule has 1 atom stereocenters. The number of anilines is 1. The number of hydrogen-bond acceptors (Lipinski definition) is 3. The van der Waals surface area contributed by atoms with Crippen molar-refractivity contribution in [2.24, 2.45) is 0 Å². The van der Waals surface area contributed by atoms with Gasteiger partial charge in [-0.25, -0.2) is 9.69 Å². The van der Waals surface area contributed by atoms with Gasteiger partial charge in [-0.3, -0.25) is 4.79 Å². The number of amides is 3. The van der Waals surface area contributed by atoms with Gasteiger partial charge in [-0.1, -0.05) is 35.3 Å². The van der Waals surface area contributed by atoms with Gasteiger partial charge >= 0.3 is 6.03 Å². The Morgan fingerprint density at radius 1 is 1.12 bits per heavy atom. The molecular weight excluding hydrogens is 361 g/mol. The van der Waals surface area contributed by atoms with Crippen molar-refractivity contribution in [3.05, 3.63) is 63.6 Å².